The first-order chi connectivity index (χ1) is 15.4. The van der Waals surface area contributed by atoms with Crippen LogP contribution in [0.1, 0.15) is 27.9 Å². The average molecular weight is 482 g/mol. The smallest absolute Gasteiger partial charge is 0.381 e. The van der Waals surface area contributed by atoms with Crippen molar-refractivity contribution in [3.05, 3.63) is 59.2 Å². The highest BCUT2D eigenvalue weighted by molar-refractivity contribution is 7.92. The van der Waals surface area contributed by atoms with E-state index >= 15 is 0 Å². The fourth-order valence-electron chi connectivity index (χ4n) is 3.57. The number of carbonyl (C=O) groups excluding carboxylic acids is 1. The van der Waals surface area contributed by atoms with E-state index in [9.17, 15) is 26.4 Å². The van der Waals surface area contributed by atoms with Crippen LogP contribution < -0.4 is 20.7 Å². The van der Waals surface area contributed by atoms with Gasteiger partial charge in [-0.25, -0.2) is 8.42 Å². The van der Waals surface area contributed by atoms with Gasteiger partial charge in [-0.15, -0.1) is 0 Å². The number of halogens is 3. The molecule has 0 aliphatic carbocycles. The highest BCUT2D eigenvalue weighted by atomic mass is 32.2. The van der Waals surface area contributed by atoms with Crippen LogP contribution in [0.2, 0.25) is 0 Å². The van der Waals surface area contributed by atoms with Crippen LogP contribution in [0.15, 0.2) is 42.5 Å². The van der Waals surface area contributed by atoms with Gasteiger partial charge in [-0.2, -0.15) is 18.4 Å². The molecule has 3 rings (SSSR count). The minimum Gasteiger partial charge on any atom is -0.381 e. The van der Waals surface area contributed by atoms with Gasteiger partial charge in [0.05, 0.1) is 23.5 Å². The third-order valence-electron chi connectivity index (χ3n) is 4.93. The number of rotatable bonds is 6. The molecule has 1 saturated heterocycles. The molecule has 1 heterocycles. The number of carbonyl (C=O) groups is 1. The first kappa shape index (κ1) is 24.3. The molecule has 2 aromatic carbocycles. The molecule has 0 saturated carbocycles. The summed E-state index contributed by atoms with van der Waals surface area (Å²) in [5.74, 6) is -0.405. The zero-order chi connectivity index (χ0) is 24.2. The van der Waals surface area contributed by atoms with Crippen LogP contribution in [0.5, 0.6) is 0 Å². The maximum absolute atomic E-state index is 13.2. The molecule has 0 radical (unpaired) electrons. The summed E-state index contributed by atoms with van der Waals surface area (Å²) in [5.41, 5.74) is -0.716. The Morgan fingerprint density at radius 1 is 1.12 bits per heavy atom. The van der Waals surface area contributed by atoms with Crippen LogP contribution in [0, 0.1) is 11.3 Å². The van der Waals surface area contributed by atoms with Crippen LogP contribution in [-0.4, -0.2) is 45.8 Å². The van der Waals surface area contributed by atoms with E-state index in [1.165, 1.54) is 18.2 Å². The highest BCUT2D eigenvalue weighted by Crippen LogP contribution is 2.33. The average Bonchev–Trinajstić information content (AvgIpc) is 2.72. The lowest BCUT2D eigenvalue weighted by atomic mass is 10.0. The topological polar surface area (TPSA) is 123 Å². The van der Waals surface area contributed by atoms with Crippen molar-refractivity contribution in [2.75, 3.05) is 29.4 Å². The fourth-order valence-corrected chi connectivity index (χ4v) is 4.13. The second-order valence-electron chi connectivity index (χ2n) is 7.73. The molecule has 0 bridgehead atoms. The molecule has 1 fully saturated rings. The second-order valence-corrected chi connectivity index (χ2v) is 9.48. The zero-order valence-electron chi connectivity index (χ0n) is 17.5. The van der Waals surface area contributed by atoms with Gasteiger partial charge in [-0.1, -0.05) is 6.07 Å². The molecular formula is C21H22F3N5O3S. The van der Waals surface area contributed by atoms with Gasteiger partial charge in [0, 0.05) is 42.1 Å². The summed E-state index contributed by atoms with van der Waals surface area (Å²) < 4.78 is 64.7. The Balaban J connectivity index is 1.65. The maximum atomic E-state index is 13.2. The number of nitriles is 1. The van der Waals surface area contributed by atoms with Gasteiger partial charge in [0.25, 0.3) is 5.91 Å². The minimum absolute atomic E-state index is 0.222. The van der Waals surface area contributed by atoms with Crippen LogP contribution in [0.4, 0.5) is 24.5 Å². The van der Waals surface area contributed by atoms with E-state index in [1.807, 2.05) is 0 Å². The first-order valence-electron chi connectivity index (χ1n) is 9.92. The summed E-state index contributed by atoms with van der Waals surface area (Å²) in [6.45, 7) is 0.938. The Morgan fingerprint density at radius 2 is 1.85 bits per heavy atom. The second kappa shape index (κ2) is 9.68. The van der Waals surface area contributed by atoms with Crippen molar-refractivity contribution < 1.29 is 26.4 Å². The number of amides is 1. The Bertz CT molecular complexity index is 1180. The molecule has 1 amide bonds. The van der Waals surface area contributed by atoms with Crippen molar-refractivity contribution in [1.29, 1.82) is 5.26 Å². The Kier molecular flexibility index (Phi) is 7.14. The van der Waals surface area contributed by atoms with Gasteiger partial charge in [-0.05, 0) is 42.8 Å². The Labute approximate surface area is 189 Å². The van der Waals surface area contributed by atoms with Crippen molar-refractivity contribution in [3.8, 4) is 6.07 Å². The van der Waals surface area contributed by atoms with E-state index in [1.54, 1.807) is 18.2 Å². The van der Waals surface area contributed by atoms with E-state index in [2.05, 4.69) is 20.7 Å². The third kappa shape index (κ3) is 6.84. The summed E-state index contributed by atoms with van der Waals surface area (Å²) in [7, 11) is -3.49. The van der Waals surface area contributed by atoms with Crippen molar-refractivity contribution in [1.82, 2.24) is 10.6 Å². The zero-order valence-corrected chi connectivity index (χ0v) is 18.3. The first-order valence-corrected chi connectivity index (χ1v) is 11.8. The summed E-state index contributed by atoms with van der Waals surface area (Å²) in [6, 6.07) is 10.4. The van der Waals surface area contributed by atoms with Gasteiger partial charge in [-0.3, -0.25) is 9.52 Å². The molecule has 176 valence electrons. The molecule has 1 aliphatic rings. The van der Waals surface area contributed by atoms with Crippen LogP contribution >= 0.6 is 0 Å². The van der Waals surface area contributed by atoms with Crippen molar-refractivity contribution >= 4 is 27.3 Å². The molecular weight excluding hydrogens is 459 g/mol. The number of piperidine rings is 1. The van der Waals surface area contributed by atoms with Gasteiger partial charge in [0.15, 0.2) is 0 Å². The predicted octanol–water partition coefficient (Wildman–Crippen LogP) is 2.52. The molecule has 33 heavy (non-hydrogen) atoms. The molecule has 1 aliphatic heterocycles. The maximum Gasteiger partial charge on any atom is 0.417 e. The number of nitrogens with one attached hydrogen (secondary N) is 4. The number of hydrogen-bond donors (Lipinski definition) is 4. The molecule has 0 spiro atoms. The number of hydrogen-bond acceptors (Lipinski definition) is 6. The molecule has 4 N–H and O–H groups in total. The lowest BCUT2D eigenvalue weighted by molar-refractivity contribution is -0.137. The summed E-state index contributed by atoms with van der Waals surface area (Å²) in [6.07, 6.45) is -3.20. The predicted molar refractivity (Wildman–Crippen MR) is 117 cm³/mol. The third-order valence-corrected chi connectivity index (χ3v) is 5.54. The lowest BCUT2D eigenvalue weighted by Gasteiger charge is -2.32. The largest absolute Gasteiger partial charge is 0.417 e. The number of alkyl halides is 3. The highest BCUT2D eigenvalue weighted by Gasteiger charge is 2.34. The summed E-state index contributed by atoms with van der Waals surface area (Å²) in [4.78, 5) is 12.6. The Morgan fingerprint density at radius 3 is 2.52 bits per heavy atom. The SMILES string of the molecule is CS(=O)(=O)Nc1cccc(C(=O)N[C@@H]2CNC[C@H](Nc3ccc(C#N)c(C(F)(F)F)c3)C2)c1. The van der Waals surface area contributed by atoms with Crippen LogP contribution in [-0.2, 0) is 16.2 Å². The van der Waals surface area contributed by atoms with Gasteiger partial charge < -0.3 is 16.0 Å². The van der Waals surface area contributed by atoms with Gasteiger partial charge in [0.2, 0.25) is 10.0 Å². The van der Waals surface area contributed by atoms with Gasteiger partial charge >= 0.3 is 6.18 Å². The molecule has 8 nitrogen and oxygen atoms in total. The van der Waals surface area contributed by atoms with Crippen LogP contribution in [0.3, 0.4) is 0 Å². The van der Waals surface area contributed by atoms with E-state index < -0.39 is 33.2 Å². The molecule has 0 unspecified atom stereocenters. The van der Waals surface area contributed by atoms with E-state index in [0.717, 1.165) is 18.4 Å². The van der Waals surface area contributed by atoms with E-state index in [-0.39, 0.29) is 29.0 Å². The van der Waals surface area contributed by atoms with Crippen molar-refractivity contribution in [3.63, 3.8) is 0 Å². The van der Waals surface area contributed by atoms with Crippen molar-refractivity contribution in [2.24, 2.45) is 0 Å². The molecule has 0 aromatic heterocycles. The lowest BCUT2D eigenvalue weighted by Crippen LogP contribution is -2.52. The summed E-state index contributed by atoms with van der Waals surface area (Å²) in [5, 5.41) is 17.9. The summed E-state index contributed by atoms with van der Waals surface area (Å²) >= 11 is 0. The minimum atomic E-state index is -4.65. The molecule has 2 aromatic rings. The van der Waals surface area contributed by atoms with E-state index in [0.29, 0.717) is 19.5 Å². The fraction of sp³-hybridized carbons (Fsp3) is 0.333. The van der Waals surface area contributed by atoms with E-state index in [4.69, 9.17) is 5.26 Å². The number of anilines is 2. The van der Waals surface area contributed by atoms with Gasteiger partial charge in [0.1, 0.15) is 0 Å². The number of benzene rings is 2. The quantitative estimate of drug-likeness (QED) is 0.503. The number of sulfonamides is 1. The normalized spacial score (nSPS) is 18.8. The molecule has 12 heteroatoms. The van der Waals surface area contributed by atoms with Crippen molar-refractivity contribution in [2.45, 2.75) is 24.7 Å². The Hall–Kier alpha value is -3.30. The standard InChI is InChI=1S/C21H22F3N5O3S/c1-33(31,32)29-16-4-2-3-13(7-16)20(30)28-18-8-17(11-26-12-18)27-15-6-5-14(10-25)19(9-15)21(22,23)24/h2-7,9,17-18,26-27,29H,8,11-12H2,1H3,(H,28,30)/t17-,18+/m1/s1. The monoisotopic (exact) mass is 481 g/mol. The molecule has 2 atom stereocenters. The number of nitrogens with zero attached hydrogens (tertiary/aromatic N) is 1. The van der Waals surface area contributed by atoms with Crippen LogP contribution in [0.25, 0.3) is 0 Å².